The van der Waals surface area contributed by atoms with Crippen molar-refractivity contribution in [1.29, 1.82) is 0 Å². The first-order valence-corrected chi connectivity index (χ1v) is 4.40. The number of hydrogen-bond acceptors (Lipinski definition) is 0. The molecule has 0 N–H and O–H groups in total. The highest BCUT2D eigenvalue weighted by atomic mass is 19.4. The van der Waals surface area contributed by atoms with Crippen molar-refractivity contribution in [2.24, 2.45) is 0 Å². The van der Waals surface area contributed by atoms with Crippen LogP contribution in [0.3, 0.4) is 0 Å². The van der Waals surface area contributed by atoms with Gasteiger partial charge in [0.1, 0.15) is 0 Å². The van der Waals surface area contributed by atoms with Gasteiger partial charge in [0.15, 0.2) is 0 Å². The number of alkyl halides is 14. The molecule has 0 radical (unpaired) electrons. The SMILES string of the molecule is FC(F)(F)C#CC(F)(F)C(F)(F)C(F)(F)C(F)(F)C(F)(F)F. The van der Waals surface area contributed by atoms with Gasteiger partial charge in [0.2, 0.25) is 0 Å². The van der Waals surface area contributed by atoms with Crippen LogP contribution >= 0.6 is 0 Å². The molecule has 0 aromatic carbocycles. The molecule has 0 aliphatic carbocycles. The summed E-state index contributed by atoms with van der Waals surface area (Å²) in [6.45, 7) is 0. The van der Waals surface area contributed by atoms with E-state index in [-0.39, 0.29) is 0 Å². The monoisotopic (exact) mass is 362 g/mol. The zero-order valence-corrected chi connectivity index (χ0v) is 9.29. The second-order valence-corrected chi connectivity index (χ2v) is 3.54. The van der Waals surface area contributed by atoms with Crippen LogP contribution in [0.1, 0.15) is 0 Å². The molecule has 0 heterocycles. The molecule has 0 aromatic rings. The van der Waals surface area contributed by atoms with E-state index in [0.717, 1.165) is 0 Å². The predicted octanol–water partition coefficient (Wildman–Crippen LogP) is 4.66. The van der Waals surface area contributed by atoms with E-state index >= 15 is 0 Å². The Balaban J connectivity index is 6.05. The summed E-state index contributed by atoms with van der Waals surface area (Å²) >= 11 is 0. The molecule has 0 aliphatic heterocycles. The maximum Gasteiger partial charge on any atom is 0.460 e. The third-order valence-corrected chi connectivity index (χ3v) is 1.90. The molecule has 14 heteroatoms. The Labute approximate surface area is 111 Å². The fourth-order valence-corrected chi connectivity index (χ4v) is 0.800. The largest absolute Gasteiger partial charge is 0.460 e. The molecule has 0 saturated heterocycles. The van der Waals surface area contributed by atoms with Crippen LogP contribution in [-0.2, 0) is 0 Å². The van der Waals surface area contributed by atoms with Crippen molar-refractivity contribution in [3.05, 3.63) is 0 Å². The Hall–Kier alpha value is -1.42. The van der Waals surface area contributed by atoms with Gasteiger partial charge < -0.3 is 0 Å². The Morgan fingerprint density at radius 1 is 0.409 bits per heavy atom. The molecule has 0 bridgehead atoms. The lowest BCUT2D eigenvalue weighted by Crippen LogP contribution is -2.66. The maximum atomic E-state index is 12.6. The molecule has 22 heavy (non-hydrogen) atoms. The van der Waals surface area contributed by atoms with E-state index in [9.17, 15) is 61.5 Å². The highest BCUT2D eigenvalue weighted by Gasteiger charge is 2.87. The van der Waals surface area contributed by atoms with Crippen LogP contribution in [0.2, 0.25) is 0 Å². The third-order valence-electron chi connectivity index (χ3n) is 1.90. The normalized spacial score (nSPS) is 15.4. The Morgan fingerprint density at radius 2 is 0.773 bits per heavy atom. The summed E-state index contributed by atoms with van der Waals surface area (Å²) in [4.78, 5) is 0. The van der Waals surface area contributed by atoms with E-state index < -0.39 is 47.9 Å². The first kappa shape index (κ1) is 20.6. The van der Waals surface area contributed by atoms with Crippen molar-refractivity contribution in [1.82, 2.24) is 0 Å². The molecule has 130 valence electrons. The molecule has 0 atom stereocenters. The summed E-state index contributed by atoms with van der Waals surface area (Å²) in [7, 11) is 0. The average molecular weight is 362 g/mol. The highest BCUT2D eigenvalue weighted by Crippen LogP contribution is 2.57. The molecule has 0 spiro atoms. The summed E-state index contributed by atoms with van der Waals surface area (Å²) in [5.41, 5.74) is 0. The van der Waals surface area contributed by atoms with Crippen LogP contribution in [0.5, 0.6) is 0 Å². The molecule has 0 aliphatic rings. The number of halogens is 14. The number of hydrogen-bond donors (Lipinski definition) is 0. The van der Waals surface area contributed by atoms with Crippen LogP contribution in [0.15, 0.2) is 0 Å². The predicted molar refractivity (Wildman–Crippen MR) is 39.7 cm³/mol. The second kappa shape index (κ2) is 5.05. The molecular weight excluding hydrogens is 362 g/mol. The van der Waals surface area contributed by atoms with E-state index in [4.69, 9.17) is 0 Å². The zero-order valence-electron chi connectivity index (χ0n) is 9.29. The van der Waals surface area contributed by atoms with Crippen LogP contribution in [-0.4, -0.2) is 36.0 Å². The van der Waals surface area contributed by atoms with E-state index in [1.54, 1.807) is 0 Å². The van der Waals surface area contributed by atoms with Gasteiger partial charge in [0.25, 0.3) is 0 Å². The Kier molecular flexibility index (Phi) is 4.73. The van der Waals surface area contributed by atoms with Gasteiger partial charge in [-0.2, -0.15) is 61.5 Å². The topological polar surface area (TPSA) is 0 Å². The lowest BCUT2D eigenvalue weighted by Gasteiger charge is -2.35. The molecule has 0 nitrogen and oxygen atoms in total. The standard InChI is InChI=1S/C8F14/c9-3(10,1-2-4(11,12)13)5(14,15)6(16,17)7(18,19)8(20,21)22. The first-order chi connectivity index (χ1) is 9.21. The molecular formula is C8F14. The summed E-state index contributed by atoms with van der Waals surface area (Å²) in [6, 6.07) is 0. The summed E-state index contributed by atoms with van der Waals surface area (Å²) in [5, 5.41) is 0. The van der Waals surface area contributed by atoms with E-state index in [1.807, 2.05) is 0 Å². The summed E-state index contributed by atoms with van der Waals surface area (Å²) in [6.07, 6.45) is -13.3. The van der Waals surface area contributed by atoms with Gasteiger partial charge in [-0.05, 0) is 5.92 Å². The highest BCUT2D eigenvalue weighted by molar-refractivity contribution is 5.21. The van der Waals surface area contributed by atoms with Crippen molar-refractivity contribution < 1.29 is 61.5 Å². The lowest BCUT2D eigenvalue weighted by atomic mass is 9.98. The van der Waals surface area contributed by atoms with Gasteiger partial charge in [0.05, 0.1) is 0 Å². The molecule has 0 rings (SSSR count). The van der Waals surface area contributed by atoms with Crippen molar-refractivity contribution in [2.75, 3.05) is 0 Å². The maximum absolute atomic E-state index is 12.6. The van der Waals surface area contributed by atoms with Gasteiger partial charge in [-0.15, -0.1) is 0 Å². The van der Waals surface area contributed by atoms with Crippen LogP contribution in [0.25, 0.3) is 0 Å². The minimum atomic E-state index is -7.78. The Bertz CT molecular complexity index is 466. The van der Waals surface area contributed by atoms with Crippen LogP contribution in [0.4, 0.5) is 61.5 Å². The van der Waals surface area contributed by atoms with E-state index in [1.165, 1.54) is 0 Å². The van der Waals surface area contributed by atoms with Crippen molar-refractivity contribution >= 4 is 0 Å². The third kappa shape index (κ3) is 3.32. The lowest BCUT2D eigenvalue weighted by molar-refractivity contribution is -0.415. The molecule has 0 amide bonds. The van der Waals surface area contributed by atoms with Crippen molar-refractivity contribution in [3.63, 3.8) is 0 Å². The average Bonchev–Trinajstić information content (AvgIpc) is 2.23. The molecule has 0 saturated carbocycles. The van der Waals surface area contributed by atoms with Crippen LogP contribution in [0, 0.1) is 11.8 Å². The van der Waals surface area contributed by atoms with E-state index in [2.05, 4.69) is 0 Å². The Morgan fingerprint density at radius 3 is 1.05 bits per heavy atom. The zero-order chi connectivity index (χ0) is 18.4. The van der Waals surface area contributed by atoms with Gasteiger partial charge in [0, 0.05) is 5.92 Å². The van der Waals surface area contributed by atoms with Gasteiger partial charge in [-0.3, -0.25) is 0 Å². The van der Waals surface area contributed by atoms with Crippen molar-refractivity contribution in [2.45, 2.75) is 36.0 Å². The second-order valence-electron chi connectivity index (χ2n) is 3.54. The molecule has 0 unspecified atom stereocenters. The van der Waals surface area contributed by atoms with Gasteiger partial charge in [-0.25, -0.2) is 0 Å². The quantitative estimate of drug-likeness (QED) is 0.506. The smallest absolute Gasteiger partial charge is 0.192 e. The van der Waals surface area contributed by atoms with Gasteiger partial charge >= 0.3 is 36.0 Å². The minimum Gasteiger partial charge on any atom is -0.192 e. The first-order valence-electron chi connectivity index (χ1n) is 4.40. The fourth-order valence-electron chi connectivity index (χ4n) is 0.800. The summed E-state index contributed by atoms with van der Waals surface area (Å²) < 4.78 is 169. The van der Waals surface area contributed by atoms with E-state index in [0.29, 0.717) is 0 Å². The molecule has 0 fully saturated rings. The van der Waals surface area contributed by atoms with Gasteiger partial charge in [-0.1, -0.05) is 0 Å². The molecule has 0 aromatic heterocycles. The summed E-state index contributed by atoms with van der Waals surface area (Å²) in [5.74, 6) is -31.2. The number of rotatable bonds is 3. The van der Waals surface area contributed by atoms with Crippen LogP contribution < -0.4 is 0 Å². The fraction of sp³-hybridized carbons (Fsp3) is 0.750. The minimum absolute atomic E-state index is 0.609. The van der Waals surface area contributed by atoms with Crippen molar-refractivity contribution in [3.8, 4) is 11.8 Å².